The first-order chi connectivity index (χ1) is 9.94. The van der Waals surface area contributed by atoms with E-state index in [1.807, 2.05) is 26.0 Å². The number of thiophene rings is 1. The fourth-order valence-corrected chi connectivity index (χ4v) is 4.59. The van der Waals surface area contributed by atoms with E-state index < -0.39 is 10.0 Å². The van der Waals surface area contributed by atoms with Crippen molar-refractivity contribution in [3.63, 3.8) is 0 Å². The Hall–Kier alpha value is -1.08. The van der Waals surface area contributed by atoms with Crippen LogP contribution in [0.15, 0.2) is 40.6 Å². The largest absolute Gasteiger partial charge is 0.310 e. The summed E-state index contributed by atoms with van der Waals surface area (Å²) in [6.07, 6.45) is 0. The Morgan fingerprint density at radius 1 is 1.24 bits per heavy atom. The maximum Gasteiger partial charge on any atom is 0.271 e. The van der Waals surface area contributed by atoms with Gasteiger partial charge in [0, 0.05) is 6.04 Å². The summed E-state index contributed by atoms with van der Waals surface area (Å²) in [5.74, 6) is 0. The van der Waals surface area contributed by atoms with E-state index in [2.05, 4.69) is 10.0 Å². The van der Waals surface area contributed by atoms with E-state index in [1.54, 1.807) is 18.2 Å². The maximum atomic E-state index is 12.4. The maximum absolute atomic E-state index is 12.4. The van der Waals surface area contributed by atoms with Crippen molar-refractivity contribution in [1.29, 1.82) is 0 Å². The number of hydrogen-bond acceptors (Lipinski definition) is 4. The summed E-state index contributed by atoms with van der Waals surface area (Å²) in [6, 6.07) is 10.5. The van der Waals surface area contributed by atoms with Crippen LogP contribution in [0.2, 0.25) is 4.34 Å². The molecule has 114 valence electrons. The summed E-state index contributed by atoms with van der Waals surface area (Å²) in [4.78, 5) is 0. The van der Waals surface area contributed by atoms with Crippen LogP contribution in [0.3, 0.4) is 0 Å². The average molecular weight is 345 g/mol. The van der Waals surface area contributed by atoms with Crippen molar-refractivity contribution in [3.05, 3.63) is 46.3 Å². The normalized spacial score (nSPS) is 13.1. The summed E-state index contributed by atoms with van der Waals surface area (Å²) < 4.78 is 28.0. The molecule has 1 aromatic heterocycles. The van der Waals surface area contributed by atoms with Crippen LogP contribution in [0.5, 0.6) is 0 Å². The molecule has 21 heavy (non-hydrogen) atoms. The van der Waals surface area contributed by atoms with E-state index in [0.717, 1.165) is 23.4 Å². The molecule has 0 amide bonds. The van der Waals surface area contributed by atoms with E-state index >= 15 is 0 Å². The lowest BCUT2D eigenvalue weighted by Crippen LogP contribution is -2.20. The minimum absolute atomic E-state index is 0.0563. The van der Waals surface area contributed by atoms with Crippen LogP contribution in [0.4, 0.5) is 5.69 Å². The Labute approximate surface area is 134 Å². The Morgan fingerprint density at radius 3 is 2.57 bits per heavy atom. The molecule has 1 aromatic carbocycles. The van der Waals surface area contributed by atoms with Gasteiger partial charge in [0.25, 0.3) is 10.0 Å². The highest BCUT2D eigenvalue weighted by Gasteiger charge is 2.19. The van der Waals surface area contributed by atoms with Gasteiger partial charge in [-0.15, -0.1) is 11.3 Å². The van der Waals surface area contributed by atoms with Gasteiger partial charge in [0.05, 0.1) is 10.0 Å². The molecule has 2 rings (SSSR count). The molecule has 0 aliphatic rings. The van der Waals surface area contributed by atoms with Crippen LogP contribution < -0.4 is 10.0 Å². The quantitative estimate of drug-likeness (QED) is 0.836. The van der Waals surface area contributed by atoms with Crippen LogP contribution in [-0.2, 0) is 10.0 Å². The van der Waals surface area contributed by atoms with Crippen LogP contribution in [-0.4, -0.2) is 15.0 Å². The first-order valence-corrected chi connectivity index (χ1v) is 9.22. The van der Waals surface area contributed by atoms with Gasteiger partial charge in [-0.05, 0) is 37.2 Å². The van der Waals surface area contributed by atoms with Crippen molar-refractivity contribution in [2.45, 2.75) is 24.1 Å². The Bertz CT molecular complexity index is 713. The smallest absolute Gasteiger partial charge is 0.271 e. The highest BCUT2D eigenvalue weighted by atomic mass is 35.5. The predicted molar refractivity (Wildman–Crippen MR) is 88.7 cm³/mol. The lowest BCUT2D eigenvalue weighted by Gasteiger charge is -2.17. The van der Waals surface area contributed by atoms with Gasteiger partial charge in [-0.1, -0.05) is 36.7 Å². The Kier molecular flexibility index (Phi) is 5.27. The molecule has 1 heterocycles. The highest BCUT2D eigenvalue weighted by molar-refractivity contribution is 7.94. The molecule has 2 N–H and O–H groups in total. The third kappa shape index (κ3) is 3.97. The Morgan fingerprint density at radius 2 is 1.95 bits per heavy atom. The fourth-order valence-electron chi connectivity index (χ4n) is 2.02. The molecule has 2 aromatic rings. The Balaban J connectivity index is 2.31. The van der Waals surface area contributed by atoms with Crippen LogP contribution in [0.1, 0.15) is 25.5 Å². The van der Waals surface area contributed by atoms with Crippen molar-refractivity contribution in [2.75, 3.05) is 11.3 Å². The molecule has 4 nitrogen and oxygen atoms in total. The molecule has 7 heteroatoms. The van der Waals surface area contributed by atoms with Crippen molar-refractivity contribution in [1.82, 2.24) is 5.32 Å². The number of para-hydroxylation sites is 1. The highest BCUT2D eigenvalue weighted by Crippen LogP contribution is 2.29. The number of benzene rings is 1. The van der Waals surface area contributed by atoms with Crippen molar-refractivity contribution in [3.8, 4) is 0 Å². The number of nitrogens with one attached hydrogen (secondary N) is 2. The molecule has 0 fully saturated rings. The minimum atomic E-state index is -3.61. The van der Waals surface area contributed by atoms with Crippen LogP contribution >= 0.6 is 22.9 Å². The molecule has 1 atom stereocenters. The molecule has 0 radical (unpaired) electrons. The lowest BCUT2D eigenvalue weighted by atomic mass is 10.1. The zero-order chi connectivity index (χ0) is 15.5. The molecule has 0 aliphatic carbocycles. The molecule has 0 saturated carbocycles. The lowest BCUT2D eigenvalue weighted by molar-refractivity contribution is 0.596. The average Bonchev–Trinajstić information content (AvgIpc) is 2.87. The van der Waals surface area contributed by atoms with Gasteiger partial charge in [0.15, 0.2) is 0 Å². The van der Waals surface area contributed by atoms with E-state index in [-0.39, 0.29) is 10.3 Å². The SMILES string of the molecule is CCNC(C)c1ccccc1NS(=O)(=O)c1ccc(Cl)s1. The summed E-state index contributed by atoms with van der Waals surface area (Å²) in [5.41, 5.74) is 1.49. The first kappa shape index (κ1) is 16.3. The molecular formula is C14H17ClN2O2S2. The molecule has 0 saturated heterocycles. The van der Waals surface area contributed by atoms with Crippen molar-refractivity contribution in [2.24, 2.45) is 0 Å². The summed E-state index contributed by atoms with van der Waals surface area (Å²) in [5, 5.41) is 3.28. The zero-order valence-electron chi connectivity index (χ0n) is 11.8. The third-order valence-electron chi connectivity index (χ3n) is 3.00. The molecule has 0 aliphatic heterocycles. The van der Waals surface area contributed by atoms with Gasteiger partial charge in [0.2, 0.25) is 0 Å². The van der Waals surface area contributed by atoms with Gasteiger partial charge in [-0.3, -0.25) is 4.72 Å². The summed E-state index contributed by atoms with van der Waals surface area (Å²) in [6.45, 7) is 4.82. The van der Waals surface area contributed by atoms with Crippen molar-refractivity contribution < 1.29 is 8.42 Å². The third-order valence-corrected chi connectivity index (χ3v) is 6.08. The second-order valence-corrected chi connectivity index (χ2v) is 8.15. The van der Waals surface area contributed by atoms with Gasteiger partial charge in [-0.2, -0.15) is 0 Å². The molecule has 0 bridgehead atoms. The minimum Gasteiger partial charge on any atom is -0.310 e. The van der Waals surface area contributed by atoms with E-state index in [4.69, 9.17) is 11.6 Å². The number of rotatable bonds is 6. The second kappa shape index (κ2) is 6.79. The second-order valence-electron chi connectivity index (χ2n) is 4.53. The number of sulfonamides is 1. The predicted octanol–water partition coefficient (Wildman–Crippen LogP) is 3.87. The molecule has 1 unspecified atom stereocenters. The first-order valence-electron chi connectivity index (χ1n) is 6.54. The van der Waals surface area contributed by atoms with E-state index in [0.29, 0.717) is 10.0 Å². The van der Waals surface area contributed by atoms with Crippen LogP contribution in [0.25, 0.3) is 0 Å². The van der Waals surface area contributed by atoms with E-state index in [1.165, 1.54) is 6.07 Å². The van der Waals surface area contributed by atoms with Crippen LogP contribution in [0, 0.1) is 0 Å². The monoisotopic (exact) mass is 344 g/mol. The number of anilines is 1. The standard InChI is InChI=1S/C14H17ClN2O2S2/c1-3-16-10(2)11-6-4-5-7-12(11)17-21(18,19)14-9-8-13(15)20-14/h4-10,16-17H,3H2,1-2H3. The van der Waals surface area contributed by atoms with E-state index in [9.17, 15) is 8.42 Å². The summed E-state index contributed by atoms with van der Waals surface area (Å²) >= 11 is 6.85. The van der Waals surface area contributed by atoms with Gasteiger partial charge >= 0.3 is 0 Å². The fraction of sp³-hybridized carbons (Fsp3) is 0.286. The molecular weight excluding hydrogens is 328 g/mol. The number of halogens is 1. The topological polar surface area (TPSA) is 58.2 Å². The van der Waals surface area contributed by atoms with Gasteiger partial charge < -0.3 is 5.32 Å². The number of hydrogen-bond donors (Lipinski definition) is 2. The van der Waals surface area contributed by atoms with Gasteiger partial charge in [0.1, 0.15) is 4.21 Å². The van der Waals surface area contributed by atoms with Crippen molar-refractivity contribution >= 4 is 38.6 Å². The summed E-state index contributed by atoms with van der Waals surface area (Å²) in [7, 11) is -3.61. The zero-order valence-corrected chi connectivity index (χ0v) is 14.1. The van der Waals surface area contributed by atoms with Gasteiger partial charge in [-0.25, -0.2) is 8.42 Å². The molecule has 0 spiro atoms.